The predicted molar refractivity (Wildman–Crippen MR) is 103 cm³/mol. The normalized spacial score (nSPS) is 11.1. The third kappa shape index (κ3) is 5.36. The maximum atomic E-state index is 2.31. The zero-order valence-corrected chi connectivity index (χ0v) is 16.0. The highest BCUT2D eigenvalue weighted by Crippen LogP contribution is 2.35. The second-order valence-electron chi connectivity index (χ2n) is 6.50. The highest BCUT2D eigenvalue weighted by Gasteiger charge is 2.32. The molecule has 0 amide bonds. The lowest BCUT2D eigenvalue weighted by atomic mass is 10.1. The molecule has 0 radical (unpaired) electrons. The Morgan fingerprint density at radius 2 is 0.958 bits per heavy atom. The van der Waals surface area contributed by atoms with E-state index >= 15 is 0 Å². The van der Waals surface area contributed by atoms with Crippen LogP contribution in [0.25, 0.3) is 0 Å². The first-order valence-corrected chi connectivity index (χ1v) is 9.32. The summed E-state index contributed by atoms with van der Waals surface area (Å²) in [6.45, 7) is 6.98. The van der Waals surface area contributed by atoms with Crippen LogP contribution in [0.2, 0.25) is 0 Å². The van der Waals surface area contributed by atoms with E-state index in [1.54, 1.807) is 0 Å². The average molecular weight is 346 g/mol. The summed E-state index contributed by atoms with van der Waals surface area (Å²) in [7, 11) is 0. The van der Waals surface area contributed by atoms with Crippen molar-refractivity contribution in [1.29, 1.82) is 0 Å². The molecule has 2 aromatic carbocycles. The Morgan fingerprint density at radius 3 is 1.29 bits per heavy atom. The molecule has 0 atom stereocenters. The van der Waals surface area contributed by atoms with Crippen molar-refractivity contribution >= 4 is 11.4 Å². The van der Waals surface area contributed by atoms with E-state index in [-0.39, 0.29) is 12.4 Å². The zero-order valence-electron chi connectivity index (χ0n) is 15.3. The molecule has 0 fully saturated rings. The van der Waals surface area contributed by atoms with E-state index in [1.165, 1.54) is 63.0 Å². The maximum Gasteiger partial charge on any atom is 0.137 e. The van der Waals surface area contributed by atoms with E-state index in [2.05, 4.69) is 74.5 Å². The summed E-state index contributed by atoms with van der Waals surface area (Å²) in [4.78, 5) is 0. The molecule has 0 aliphatic rings. The Bertz CT molecular complexity index is 487. The van der Waals surface area contributed by atoms with Crippen LogP contribution in [0.3, 0.4) is 0 Å². The molecule has 2 aromatic rings. The van der Waals surface area contributed by atoms with Crippen molar-refractivity contribution < 1.29 is 12.4 Å². The molecule has 0 aliphatic carbocycles. The third-order valence-corrected chi connectivity index (χ3v) is 4.79. The number of quaternary nitrogens is 1. The number of hydrogen-bond acceptors (Lipinski definition) is 0. The van der Waals surface area contributed by atoms with Crippen LogP contribution in [0.15, 0.2) is 60.7 Å². The Kier molecular flexibility index (Phi) is 9.75. The van der Waals surface area contributed by atoms with Crippen molar-refractivity contribution in [3.63, 3.8) is 0 Å². The fourth-order valence-electron chi connectivity index (χ4n) is 3.47. The number of para-hydroxylation sites is 2. The van der Waals surface area contributed by atoms with Crippen LogP contribution in [0, 0.1) is 0 Å². The quantitative estimate of drug-likeness (QED) is 0.455. The van der Waals surface area contributed by atoms with E-state index in [1.807, 2.05) is 0 Å². The summed E-state index contributed by atoms with van der Waals surface area (Å²) in [5.74, 6) is 0. The number of nitrogens with zero attached hydrogens (tertiary/aromatic N) is 1. The van der Waals surface area contributed by atoms with Gasteiger partial charge in [0.15, 0.2) is 0 Å². The third-order valence-electron chi connectivity index (χ3n) is 4.79. The zero-order chi connectivity index (χ0) is 16.4. The monoisotopic (exact) mass is 345 g/mol. The second kappa shape index (κ2) is 11.3. The summed E-state index contributed by atoms with van der Waals surface area (Å²) < 4.78 is 1.00. The fraction of sp³-hybridized carbons (Fsp3) is 0.455. The summed E-state index contributed by atoms with van der Waals surface area (Å²) in [5, 5.41) is 0. The molecule has 0 unspecified atom stereocenters. The Morgan fingerprint density at radius 1 is 0.583 bits per heavy atom. The number of benzene rings is 2. The Balaban J connectivity index is 0.00000288. The molecule has 0 bridgehead atoms. The standard InChI is InChI=1S/C22H32N.ClH/c1-3-5-13-19-23(20-14-6-4-2,21-15-9-7-10-16-21)22-17-11-8-12-18-22;/h7-12,15-18H,3-6,13-14,19-20H2,1-2H3;1H/q+1;/p-1. The van der Waals surface area contributed by atoms with Crippen LogP contribution in [0.5, 0.6) is 0 Å². The van der Waals surface area contributed by atoms with Gasteiger partial charge < -0.3 is 12.4 Å². The molecule has 0 aliphatic heterocycles. The minimum Gasteiger partial charge on any atom is -1.00 e. The molecule has 0 N–H and O–H groups in total. The van der Waals surface area contributed by atoms with Crippen molar-refractivity contribution in [2.75, 3.05) is 13.1 Å². The first-order valence-electron chi connectivity index (χ1n) is 9.32. The van der Waals surface area contributed by atoms with Crippen LogP contribution in [0.1, 0.15) is 52.4 Å². The van der Waals surface area contributed by atoms with Gasteiger partial charge in [-0.25, -0.2) is 0 Å². The van der Waals surface area contributed by atoms with Crippen molar-refractivity contribution in [3.05, 3.63) is 60.7 Å². The molecule has 0 heterocycles. The van der Waals surface area contributed by atoms with Gasteiger partial charge in [-0.15, -0.1) is 0 Å². The predicted octanol–water partition coefficient (Wildman–Crippen LogP) is 3.71. The molecule has 0 saturated carbocycles. The van der Waals surface area contributed by atoms with Crippen LogP contribution in [0.4, 0.5) is 11.4 Å². The molecule has 0 saturated heterocycles. The van der Waals surface area contributed by atoms with Gasteiger partial charge in [-0.05, 0) is 49.9 Å². The number of halogens is 1. The number of unbranched alkanes of at least 4 members (excludes halogenated alkanes) is 4. The topological polar surface area (TPSA) is 0 Å². The van der Waals surface area contributed by atoms with Crippen LogP contribution in [-0.2, 0) is 0 Å². The van der Waals surface area contributed by atoms with Gasteiger partial charge in [0.1, 0.15) is 11.4 Å². The molecular formula is C22H32ClN. The molecule has 0 aromatic heterocycles. The summed E-state index contributed by atoms with van der Waals surface area (Å²) in [6.07, 6.45) is 7.75. The van der Waals surface area contributed by atoms with E-state index in [0.29, 0.717) is 0 Å². The van der Waals surface area contributed by atoms with Gasteiger partial charge >= 0.3 is 0 Å². The number of hydrogen-bond donors (Lipinski definition) is 0. The van der Waals surface area contributed by atoms with Crippen LogP contribution < -0.4 is 16.9 Å². The van der Waals surface area contributed by atoms with Gasteiger partial charge in [0, 0.05) is 0 Å². The summed E-state index contributed by atoms with van der Waals surface area (Å²) in [6, 6.07) is 22.2. The lowest BCUT2D eigenvalue weighted by Gasteiger charge is -2.38. The van der Waals surface area contributed by atoms with Crippen LogP contribution >= 0.6 is 0 Å². The van der Waals surface area contributed by atoms with Gasteiger partial charge in [0.05, 0.1) is 13.1 Å². The first kappa shape index (κ1) is 20.7. The second-order valence-corrected chi connectivity index (χ2v) is 6.50. The average Bonchev–Trinajstić information content (AvgIpc) is 2.62. The van der Waals surface area contributed by atoms with E-state index < -0.39 is 0 Å². The van der Waals surface area contributed by atoms with E-state index in [0.717, 1.165) is 4.48 Å². The van der Waals surface area contributed by atoms with Crippen LogP contribution in [-0.4, -0.2) is 13.1 Å². The Labute approximate surface area is 154 Å². The maximum absolute atomic E-state index is 2.31. The SMILES string of the molecule is CCCCC[N+](CCCCC)(c1ccccc1)c1ccccc1.[Cl-]. The first-order chi connectivity index (χ1) is 11.3. The van der Waals surface area contributed by atoms with Crippen molar-refractivity contribution in [1.82, 2.24) is 4.48 Å². The van der Waals surface area contributed by atoms with E-state index in [9.17, 15) is 0 Å². The lowest BCUT2D eigenvalue weighted by Crippen LogP contribution is -3.00. The summed E-state index contributed by atoms with van der Waals surface area (Å²) in [5.41, 5.74) is 2.87. The number of rotatable bonds is 10. The highest BCUT2D eigenvalue weighted by molar-refractivity contribution is 5.58. The van der Waals surface area contributed by atoms with Gasteiger partial charge in [-0.2, -0.15) is 0 Å². The molecular weight excluding hydrogens is 314 g/mol. The summed E-state index contributed by atoms with van der Waals surface area (Å²) >= 11 is 0. The highest BCUT2D eigenvalue weighted by atomic mass is 35.5. The van der Waals surface area contributed by atoms with E-state index in [4.69, 9.17) is 0 Å². The molecule has 2 heteroatoms. The molecule has 132 valence electrons. The fourth-order valence-corrected chi connectivity index (χ4v) is 3.47. The van der Waals surface area contributed by atoms with Gasteiger partial charge in [0.2, 0.25) is 0 Å². The minimum atomic E-state index is 0. The lowest BCUT2D eigenvalue weighted by molar-refractivity contribution is -0.00000482. The molecule has 24 heavy (non-hydrogen) atoms. The molecule has 2 rings (SSSR count). The van der Waals surface area contributed by atoms with Gasteiger partial charge in [-0.3, -0.25) is 4.48 Å². The van der Waals surface area contributed by atoms with Crippen molar-refractivity contribution in [3.8, 4) is 0 Å². The smallest absolute Gasteiger partial charge is 0.137 e. The van der Waals surface area contributed by atoms with Crippen molar-refractivity contribution in [2.24, 2.45) is 0 Å². The molecule has 1 nitrogen and oxygen atoms in total. The molecule has 0 spiro atoms. The Hall–Kier alpha value is -1.31. The van der Waals surface area contributed by atoms with Gasteiger partial charge in [-0.1, -0.05) is 63.1 Å². The van der Waals surface area contributed by atoms with Crippen molar-refractivity contribution in [2.45, 2.75) is 52.4 Å². The van der Waals surface area contributed by atoms with Gasteiger partial charge in [0.25, 0.3) is 0 Å². The minimum absolute atomic E-state index is 0. The largest absolute Gasteiger partial charge is 1.00 e.